The second-order valence-corrected chi connectivity index (χ2v) is 6.11. The minimum absolute atomic E-state index is 0.0461. The van der Waals surface area contributed by atoms with Crippen molar-refractivity contribution < 1.29 is 14.7 Å². The molecule has 1 aromatic carbocycles. The van der Waals surface area contributed by atoms with Gasteiger partial charge in [0.1, 0.15) is 0 Å². The van der Waals surface area contributed by atoms with Crippen LogP contribution in [-0.4, -0.2) is 74.2 Å². The van der Waals surface area contributed by atoms with Crippen molar-refractivity contribution in [1.29, 1.82) is 0 Å². The molecular formula is C17H33N4O2+. The Balaban J connectivity index is 2.69. The highest BCUT2D eigenvalue weighted by atomic mass is 16.3. The highest BCUT2D eigenvalue weighted by Crippen LogP contribution is 2.25. The summed E-state index contributed by atoms with van der Waals surface area (Å²) in [5, 5.41) is 21.6. The third-order valence-corrected chi connectivity index (χ3v) is 4.63. The molecule has 23 heavy (non-hydrogen) atoms. The maximum absolute atomic E-state index is 9.12. The quantitative estimate of drug-likeness (QED) is 0.360. The van der Waals surface area contributed by atoms with Gasteiger partial charge in [0, 0.05) is 18.8 Å². The molecule has 132 valence electrons. The maximum Gasteiger partial charge on any atom is 0.0959 e. The van der Waals surface area contributed by atoms with Gasteiger partial charge >= 0.3 is 0 Å². The second kappa shape index (κ2) is 9.60. The first-order valence-electron chi connectivity index (χ1n) is 8.43. The highest BCUT2D eigenvalue weighted by Gasteiger charge is 2.15. The fourth-order valence-electron chi connectivity index (χ4n) is 2.52. The fraction of sp³-hybridized carbons (Fsp3) is 0.647. The molecule has 6 heteroatoms. The maximum atomic E-state index is 9.12. The molecule has 0 radical (unpaired) electrons. The van der Waals surface area contributed by atoms with Crippen LogP contribution in [0.15, 0.2) is 18.2 Å². The zero-order chi connectivity index (χ0) is 17.3. The zero-order valence-electron chi connectivity index (χ0n) is 14.8. The number of nitrogens with two attached hydrogens (primary N) is 1. The number of benzene rings is 1. The van der Waals surface area contributed by atoms with Crippen molar-refractivity contribution in [3.05, 3.63) is 18.2 Å². The molecule has 0 unspecified atom stereocenters. The van der Waals surface area contributed by atoms with Crippen molar-refractivity contribution in [3.8, 4) is 0 Å². The number of likely N-dealkylation sites (N-methyl/N-ethyl adjacent to an activating group) is 1. The Morgan fingerprint density at radius 2 is 1.74 bits per heavy atom. The van der Waals surface area contributed by atoms with E-state index in [0.717, 1.165) is 42.0 Å². The van der Waals surface area contributed by atoms with Crippen LogP contribution in [-0.2, 0) is 0 Å². The van der Waals surface area contributed by atoms with Crippen LogP contribution in [0.1, 0.15) is 13.8 Å². The summed E-state index contributed by atoms with van der Waals surface area (Å²) in [5.74, 6) is 0. The molecule has 0 bridgehead atoms. The lowest BCUT2D eigenvalue weighted by molar-refractivity contribution is -0.904. The molecule has 6 nitrogen and oxygen atoms in total. The number of nitrogens with one attached hydrogen (secondary N) is 1. The van der Waals surface area contributed by atoms with E-state index in [4.69, 9.17) is 15.9 Å². The van der Waals surface area contributed by atoms with Crippen LogP contribution in [0.5, 0.6) is 0 Å². The Bertz CT molecular complexity index is 458. The number of nitrogen functional groups attached to an aromatic ring is 1. The minimum atomic E-state index is 0.0461. The van der Waals surface area contributed by atoms with Gasteiger partial charge in [0.05, 0.1) is 57.8 Å². The van der Waals surface area contributed by atoms with Gasteiger partial charge < -0.3 is 30.6 Å². The summed E-state index contributed by atoms with van der Waals surface area (Å²) >= 11 is 0. The summed E-state index contributed by atoms with van der Waals surface area (Å²) in [4.78, 5) is 1.92. The Hall–Kier alpha value is -1.50. The topological polar surface area (TPSA) is 81.8 Å². The van der Waals surface area contributed by atoms with Gasteiger partial charge in [-0.2, -0.15) is 0 Å². The Labute approximate surface area is 140 Å². The number of quaternary nitrogens is 1. The molecule has 0 saturated carbocycles. The van der Waals surface area contributed by atoms with Crippen molar-refractivity contribution >= 4 is 17.1 Å². The van der Waals surface area contributed by atoms with E-state index in [9.17, 15) is 0 Å². The Morgan fingerprint density at radius 1 is 1.13 bits per heavy atom. The third-order valence-electron chi connectivity index (χ3n) is 4.63. The van der Waals surface area contributed by atoms with E-state index in [2.05, 4.69) is 26.2 Å². The Kier molecular flexibility index (Phi) is 8.16. The summed E-state index contributed by atoms with van der Waals surface area (Å²) in [7, 11) is 2.26. The number of hydrogen-bond acceptors (Lipinski definition) is 5. The van der Waals surface area contributed by atoms with Crippen LogP contribution in [0, 0.1) is 0 Å². The molecule has 1 aromatic rings. The molecule has 0 fully saturated rings. The molecule has 0 aromatic heterocycles. The summed E-state index contributed by atoms with van der Waals surface area (Å²) in [6.07, 6.45) is 0. The lowest BCUT2D eigenvalue weighted by Gasteiger charge is -2.32. The minimum Gasteiger partial charge on any atom is -0.397 e. The van der Waals surface area contributed by atoms with Crippen LogP contribution in [0.4, 0.5) is 17.1 Å². The molecule has 0 atom stereocenters. The largest absolute Gasteiger partial charge is 0.397 e. The smallest absolute Gasteiger partial charge is 0.0959 e. The van der Waals surface area contributed by atoms with E-state index in [0.29, 0.717) is 18.8 Å². The van der Waals surface area contributed by atoms with Crippen molar-refractivity contribution in [1.82, 2.24) is 0 Å². The molecule has 0 saturated heterocycles. The summed E-state index contributed by atoms with van der Waals surface area (Å²) < 4.78 is 1.03. The number of anilines is 3. The average Bonchev–Trinajstić information content (AvgIpc) is 2.56. The predicted octanol–water partition coefficient (Wildman–Crippen LogP) is 0.958. The van der Waals surface area contributed by atoms with E-state index in [1.165, 1.54) is 0 Å². The first kappa shape index (κ1) is 19.5. The standard InChI is InChI=1S/C17H33N4O2/c1-4-21(3,5-2)11-8-19-17-7-6-15(14-16(17)18)20(9-12-22)10-13-23/h6-7,14,19,22-23H,4-5,8-13,18H2,1-3H3/q+1. The first-order chi connectivity index (χ1) is 11.0. The molecular weight excluding hydrogens is 292 g/mol. The van der Waals surface area contributed by atoms with Gasteiger partial charge in [0.2, 0.25) is 0 Å². The number of hydrogen-bond donors (Lipinski definition) is 4. The van der Waals surface area contributed by atoms with Gasteiger partial charge in [-0.3, -0.25) is 0 Å². The van der Waals surface area contributed by atoms with Crippen LogP contribution < -0.4 is 16.0 Å². The molecule has 0 aliphatic heterocycles. The molecule has 0 amide bonds. The number of rotatable bonds is 11. The Morgan fingerprint density at radius 3 is 2.22 bits per heavy atom. The van der Waals surface area contributed by atoms with E-state index < -0.39 is 0 Å². The predicted molar refractivity (Wildman–Crippen MR) is 97.9 cm³/mol. The van der Waals surface area contributed by atoms with Crippen molar-refractivity contribution in [3.63, 3.8) is 0 Å². The SMILES string of the molecule is CC[N+](C)(CC)CCNc1ccc(N(CCO)CCO)cc1N. The van der Waals surface area contributed by atoms with E-state index in [-0.39, 0.29) is 13.2 Å². The normalized spacial score (nSPS) is 11.5. The summed E-state index contributed by atoms with van der Waals surface area (Å²) in [6, 6.07) is 5.83. The van der Waals surface area contributed by atoms with E-state index in [1.807, 2.05) is 23.1 Å². The lowest BCUT2D eigenvalue weighted by atomic mass is 10.2. The van der Waals surface area contributed by atoms with Crippen molar-refractivity contribution in [2.45, 2.75) is 13.8 Å². The monoisotopic (exact) mass is 325 g/mol. The van der Waals surface area contributed by atoms with Crippen LogP contribution in [0.2, 0.25) is 0 Å². The first-order valence-corrected chi connectivity index (χ1v) is 8.43. The summed E-state index contributed by atoms with van der Waals surface area (Å²) in [6.45, 7) is 9.63. The van der Waals surface area contributed by atoms with Gasteiger partial charge in [-0.15, -0.1) is 0 Å². The molecule has 5 N–H and O–H groups in total. The van der Waals surface area contributed by atoms with Crippen molar-refractivity contribution in [2.24, 2.45) is 0 Å². The number of aliphatic hydroxyl groups is 2. The lowest BCUT2D eigenvalue weighted by Crippen LogP contribution is -2.46. The van der Waals surface area contributed by atoms with Crippen LogP contribution in [0.25, 0.3) is 0 Å². The summed E-state index contributed by atoms with van der Waals surface area (Å²) in [5.41, 5.74) is 8.68. The third kappa shape index (κ3) is 5.89. The molecule has 0 spiro atoms. The fourth-order valence-corrected chi connectivity index (χ4v) is 2.52. The molecule has 1 rings (SSSR count). The highest BCUT2D eigenvalue weighted by molar-refractivity contribution is 5.72. The number of aliphatic hydroxyl groups excluding tert-OH is 2. The molecule has 0 heterocycles. The van der Waals surface area contributed by atoms with Gasteiger partial charge in [-0.25, -0.2) is 0 Å². The van der Waals surface area contributed by atoms with Gasteiger partial charge in [-0.05, 0) is 32.0 Å². The van der Waals surface area contributed by atoms with E-state index >= 15 is 0 Å². The van der Waals surface area contributed by atoms with Crippen molar-refractivity contribution in [2.75, 3.05) is 75.5 Å². The molecule has 0 aliphatic carbocycles. The van der Waals surface area contributed by atoms with Crippen LogP contribution >= 0.6 is 0 Å². The second-order valence-electron chi connectivity index (χ2n) is 6.11. The zero-order valence-corrected chi connectivity index (χ0v) is 14.8. The van der Waals surface area contributed by atoms with E-state index in [1.54, 1.807) is 0 Å². The van der Waals surface area contributed by atoms with Gasteiger partial charge in [-0.1, -0.05) is 0 Å². The number of nitrogens with zero attached hydrogens (tertiary/aromatic N) is 2. The average molecular weight is 325 g/mol. The van der Waals surface area contributed by atoms with Gasteiger partial charge in [0.25, 0.3) is 0 Å². The van der Waals surface area contributed by atoms with Gasteiger partial charge in [0.15, 0.2) is 0 Å². The molecule has 0 aliphatic rings. The van der Waals surface area contributed by atoms with Crippen LogP contribution in [0.3, 0.4) is 0 Å².